The van der Waals surface area contributed by atoms with Gasteiger partial charge in [0.15, 0.2) is 6.04 Å². The van der Waals surface area contributed by atoms with Crippen LogP contribution < -0.4 is 5.32 Å². The van der Waals surface area contributed by atoms with Gasteiger partial charge in [-0.05, 0) is 23.6 Å². The smallest absolute Gasteiger partial charge is 0.411 e. The van der Waals surface area contributed by atoms with Crippen LogP contribution in [0.25, 0.3) is 10.9 Å². The zero-order valence-corrected chi connectivity index (χ0v) is 16.2. The van der Waals surface area contributed by atoms with Gasteiger partial charge in [0.25, 0.3) is 5.91 Å². The van der Waals surface area contributed by atoms with E-state index in [0.717, 1.165) is 27.7 Å². The monoisotopic (exact) mass is 393 g/mol. The fourth-order valence-corrected chi connectivity index (χ4v) is 3.75. The fraction of sp³-hybridized carbons (Fsp3) is 0.273. The van der Waals surface area contributed by atoms with Crippen molar-refractivity contribution in [1.29, 1.82) is 0 Å². The van der Waals surface area contributed by atoms with Crippen molar-refractivity contribution in [1.82, 2.24) is 15.2 Å². The average Bonchev–Trinajstić information content (AvgIpc) is 3.14. The minimum atomic E-state index is -0.801. The molecule has 150 valence electrons. The van der Waals surface area contributed by atoms with E-state index in [1.54, 1.807) is 0 Å². The molecule has 1 atom stereocenters. The van der Waals surface area contributed by atoms with Crippen LogP contribution in [0.4, 0.5) is 4.79 Å². The largest absolute Gasteiger partial charge is 0.445 e. The Morgan fingerprint density at radius 3 is 2.69 bits per heavy atom. The highest BCUT2D eigenvalue weighted by molar-refractivity contribution is 5.92. The summed E-state index contributed by atoms with van der Waals surface area (Å²) in [5.41, 5.74) is 3.62. The lowest BCUT2D eigenvalue weighted by Gasteiger charge is -2.34. The molecule has 29 heavy (non-hydrogen) atoms. The standard InChI is InChI=1S/C22H23N3O4/c1-28-14-23-21(26)20-19-17(16-9-5-6-10-18(16)24-19)11-12-25(20)22(27)29-13-15-7-3-2-4-8-15/h2-10,20,24H,11-14H2,1H3,(H,23,26). The number of aromatic amines is 1. The van der Waals surface area contributed by atoms with E-state index in [4.69, 9.17) is 9.47 Å². The molecule has 1 aromatic heterocycles. The van der Waals surface area contributed by atoms with Crippen molar-refractivity contribution < 1.29 is 19.1 Å². The Hall–Kier alpha value is -3.32. The minimum Gasteiger partial charge on any atom is -0.445 e. The van der Waals surface area contributed by atoms with E-state index in [-0.39, 0.29) is 19.2 Å². The summed E-state index contributed by atoms with van der Waals surface area (Å²) in [5.74, 6) is -0.309. The molecular formula is C22H23N3O4. The number of benzene rings is 2. The number of H-pyrrole nitrogens is 1. The quantitative estimate of drug-likeness (QED) is 0.653. The molecule has 2 heterocycles. The van der Waals surface area contributed by atoms with E-state index < -0.39 is 12.1 Å². The Labute approximate surface area is 168 Å². The van der Waals surface area contributed by atoms with Gasteiger partial charge in [-0.15, -0.1) is 0 Å². The predicted octanol–water partition coefficient (Wildman–Crippen LogP) is 3.12. The van der Waals surface area contributed by atoms with Crippen molar-refractivity contribution in [3.8, 4) is 0 Å². The molecule has 0 bridgehead atoms. The Morgan fingerprint density at radius 1 is 1.14 bits per heavy atom. The van der Waals surface area contributed by atoms with Crippen LogP contribution in [0.1, 0.15) is 22.9 Å². The number of fused-ring (bicyclic) bond motifs is 3. The Morgan fingerprint density at radius 2 is 1.90 bits per heavy atom. The molecule has 0 saturated heterocycles. The van der Waals surface area contributed by atoms with E-state index in [1.807, 2.05) is 54.6 Å². The van der Waals surface area contributed by atoms with E-state index in [2.05, 4.69) is 10.3 Å². The second kappa shape index (κ2) is 8.36. The number of carbonyl (C=O) groups is 2. The molecule has 0 spiro atoms. The minimum absolute atomic E-state index is 0.0673. The highest BCUT2D eigenvalue weighted by atomic mass is 16.6. The molecule has 1 aliphatic heterocycles. The van der Waals surface area contributed by atoms with Gasteiger partial charge in [0.1, 0.15) is 13.3 Å². The molecule has 7 heteroatoms. The number of ether oxygens (including phenoxy) is 2. The molecule has 4 rings (SSSR count). The maximum absolute atomic E-state index is 12.9. The van der Waals surface area contributed by atoms with Crippen molar-refractivity contribution in [3.05, 3.63) is 71.4 Å². The molecule has 1 unspecified atom stereocenters. The predicted molar refractivity (Wildman–Crippen MR) is 108 cm³/mol. The number of rotatable bonds is 5. The molecule has 1 aliphatic rings. The van der Waals surface area contributed by atoms with Crippen molar-refractivity contribution in [3.63, 3.8) is 0 Å². The third-order valence-electron chi connectivity index (χ3n) is 5.11. The van der Waals surface area contributed by atoms with Crippen LogP contribution >= 0.6 is 0 Å². The first-order valence-corrected chi connectivity index (χ1v) is 9.52. The molecule has 0 radical (unpaired) electrons. The maximum atomic E-state index is 12.9. The van der Waals surface area contributed by atoms with Gasteiger partial charge in [0.2, 0.25) is 0 Å². The lowest BCUT2D eigenvalue weighted by atomic mass is 9.97. The van der Waals surface area contributed by atoms with Crippen LogP contribution in [0.2, 0.25) is 0 Å². The number of hydrogen-bond donors (Lipinski definition) is 2. The molecule has 2 amide bonds. The summed E-state index contributed by atoms with van der Waals surface area (Å²) in [6, 6.07) is 16.6. The molecule has 2 N–H and O–H groups in total. The van der Waals surface area contributed by atoms with Gasteiger partial charge < -0.3 is 19.8 Å². The molecular weight excluding hydrogens is 370 g/mol. The van der Waals surface area contributed by atoms with Crippen molar-refractivity contribution in [2.75, 3.05) is 20.4 Å². The third kappa shape index (κ3) is 3.82. The van der Waals surface area contributed by atoms with Crippen LogP contribution in [0, 0.1) is 0 Å². The summed E-state index contributed by atoms with van der Waals surface area (Å²) in [5, 5.41) is 3.79. The summed E-state index contributed by atoms with van der Waals surface area (Å²) in [6.45, 7) is 0.619. The topological polar surface area (TPSA) is 83.7 Å². The van der Waals surface area contributed by atoms with Crippen molar-refractivity contribution in [2.24, 2.45) is 0 Å². The SMILES string of the molecule is COCNC(=O)C1c2[nH]c3ccccc3c2CCN1C(=O)OCc1ccccc1. The first kappa shape index (κ1) is 19.0. The number of nitrogens with zero attached hydrogens (tertiary/aromatic N) is 1. The number of amides is 2. The fourth-order valence-electron chi connectivity index (χ4n) is 3.75. The van der Waals surface area contributed by atoms with Crippen LogP contribution in [0.3, 0.4) is 0 Å². The lowest BCUT2D eigenvalue weighted by molar-refractivity contribution is -0.128. The molecule has 0 saturated carbocycles. The summed E-state index contributed by atoms with van der Waals surface area (Å²) in [4.78, 5) is 30.6. The van der Waals surface area contributed by atoms with E-state index in [0.29, 0.717) is 13.0 Å². The average molecular weight is 393 g/mol. The van der Waals surface area contributed by atoms with E-state index in [1.165, 1.54) is 12.0 Å². The molecule has 7 nitrogen and oxygen atoms in total. The van der Waals surface area contributed by atoms with Crippen LogP contribution in [-0.2, 0) is 27.3 Å². The summed E-state index contributed by atoms with van der Waals surface area (Å²) in [7, 11) is 1.50. The summed E-state index contributed by atoms with van der Waals surface area (Å²) >= 11 is 0. The van der Waals surface area contributed by atoms with Gasteiger partial charge in [-0.1, -0.05) is 48.5 Å². The Balaban J connectivity index is 1.62. The third-order valence-corrected chi connectivity index (χ3v) is 5.11. The van der Waals surface area contributed by atoms with E-state index in [9.17, 15) is 9.59 Å². The maximum Gasteiger partial charge on any atom is 0.411 e. The normalized spacial score (nSPS) is 15.8. The highest BCUT2D eigenvalue weighted by Gasteiger charge is 2.38. The number of para-hydroxylation sites is 1. The summed E-state index contributed by atoms with van der Waals surface area (Å²) in [6.07, 6.45) is 0.129. The van der Waals surface area contributed by atoms with Gasteiger partial charge in [0.05, 0.1) is 5.69 Å². The second-order valence-corrected chi connectivity index (χ2v) is 6.92. The highest BCUT2D eigenvalue weighted by Crippen LogP contribution is 2.35. The van der Waals surface area contributed by atoms with Crippen LogP contribution in [-0.4, -0.2) is 42.3 Å². The van der Waals surface area contributed by atoms with Gasteiger partial charge >= 0.3 is 6.09 Å². The lowest BCUT2D eigenvalue weighted by Crippen LogP contribution is -2.47. The van der Waals surface area contributed by atoms with Gasteiger partial charge in [-0.3, -0.25) is 9.69 Å². The summed E-state index contributed by atoms with van der Waals surface area (Å²) < 4.78 is 10.5. The Kier molecular flexibility index (Phi) is 5.48. The first-order valence-electron chi connectivity index (χ1n) is 9.52. The van der Waals surface area contributed by atoms with Gasteiger partial charge in [-0.2, -0.15) is 0 Å². The van der Waals surface area contributed by atoms with Gasteiger partial charge in [-0.25, -0.2) is 4.79 Å². The Bertz CT molecular complexity index is 1020. The number of hydrogen-bond acceptors (Lipinski definition) is 4. The number of nitrogens with one attached hydrogen (secondary N) is 2. The number of aromatic nitrogens is 1. The molecule has 3 aromatic rings. The van der Waals surface area contributed by atoms with Crippen molar-refractivity contribution >= 4 is 22.9 Å². The van der Waals surface area contributed by atoms with Gasteiger partial charge in [0, 0.05) is 24.6 Å². The zero-order chi connectivity index (χ0) is 20.2. The van der Waals surface area contributed by atoms with Crippen LogP contribution in [0.5, 0.6) is 0 Å². The number of carbonyl (C=O) groups excluding carboxylic acids is 2. The second-order valence-electron chi connectivity index (χ2n) is 6.92. The number of methoxy groups -OCH3 is 1. The zero-order valence-electron chi connectivity index (χ0n) is 16.2. The molecule has 0 aliphatic carbocycles. The van der Waals surface area contributed by atoms with Crippen molar-refractivity contribution in [2.45, 2.75) is 19.1 Å². The van der Waals surface area contributed by atoms with Crippen LogP contribution in [0.15, 0.2) is 54.6 Å². The first-order chi connectivity index (χ1) is 14.2. The molecule has 2 aromatic carbocycles. The van der Waals surface area contributed by atoms with E-state index >= 15 is 0 Å². The molecule has 0 fully saturated rings.